The van der Waals surface area contributed by atoms with Crippen molar-refractivity contribution >= 4 is 5.91 Å². The molecule has 2 N–H and O–H groups in total. The van der Waals surface area contributed by atoms with Crippen molar-refractivity contribution < 1.29 is 15.0 Å². The normalized spacial score (nSPS) is 32.5. The van der Waals surface area contributed by atoms with Crippen LogP contribution in [0.5, 0.6) is 0 Å². The van der Waals surface area contributed by atoms with Gasteiger partial charge in [-0.1, -0.05) is 19.3 Å². The van der Waals surface area contributed by atoms with Gasteiger partial charge in [-0.15, -0.1) is 0 Å². The number of nitrogens with zero attached hydrogens (tertiary/aromatic N) is 2. The maximum Gasteiger partial charge on any atom is 0.225 e. The second-order valence-corrected chi connectivity index (χ2v) is 7.73. The van der Waals surface area contributed by atoms with E-state index in [1.54, 1.807) is 4.90 Å². The second-order valence-electron chi connectivity index (χ2n) is 7.73. The van der Waals surface area contributed by atoms with Gasteiger partial charge in [0.05, 0.1) is 24.2 Å². The number of rotatable bonds is 4. The number of aliphatic hydroxyl groups is 2. The van der Waals surface area contributed by atoms with E-state index < -0.39 is 11.2 Å². The van der Waals surface area contributed by atoms with Crippen LogP contribution in [0.3, 0.4) is 0 Å². The minimum atomic E-state index is -0.801. The van der Waals surface area contributed by atoms with Gasteiger partial charge in [0.15, 0.2) is 0 Å². The van der Waals surface area contributed by atoms with Crippen LogP contribution in [0.1, 0.15) is 57.8 Å². The van der Waals surface area contributed by atoms with Crippen molar-refractivity contribution in [3.63, 3.8) is 0 Å². The fourth-order valence-electron chi connectivity index (χ4n) is 4.34. The minimum Gasteiger partial charge on any atom is -0.389 e. The Labute approximate surface area is 133 Å². The van der Waals surface area contributed by atoms with E-state index in [2.05, 4.69) is 4.90 Å². The lowest BCUT2D eigenvalue weighted by atomic mass is 9.82. The Kier molecular flexibility index (Phi) is 4.76. The molecule has 0 radical (unpaired) electrons. The molecule has 5 nitrogen and oxygen atoms in total. The third kappa shape index (κ3) is 3.81. The van der Waals surface area contributed by atoms with Crippen LogP contribution < -0.4 is 0 Å². The highest BCUT2D eigenvalue weighted by Crippen LogP contribution is 2.32. The van der Waals surface area contributed by atoms with E-state index in [9.17, 15) is 15.0 Å². The Morgan fingerprint density at radius 3 is 2.23 bits per heavy atom. The highest BCUT2D eigenvalue weighted by molar-refractivity contribution is 5.77. The van der Waals surface area contributed by atoms with Crippen molar-refractivity contribution in [1.82, 2.24) is 9.80 Å². The van der Waals surface area contributed by atoms with Gasteiger partial charge in [0.25, 0.3) is 0 Å². The molecule has 0 unspecified atom stereocenters. The Morgan fingerprint density at radius 1 is 0.864 bits per heavy atom. The quantitative estimate of drug-likeness (QED) is 0.817. The molecule has 3 fully saturated rings. The first-order valence-electron chi connectivity index (χ1n) is 8.93. The summed E-state index contributed by atoms with van der Waals surface area (Å²) in [5.41, 5.74) is -1.56. The number of hydrogen-bond donors (Lipinski definition) is 2. The molecule has 1 atom stereocenters. The summed E-state index contributed by atoms with van der Waals surface area (Å²) in [7, 11) is 0. The van der Waals surface area contributed by atoms with Crippen LogP contribution in [0.25, 0.3) is 0 Å². The average molecular weight is 310 g/mol. The molecule has 2 heterocycles. The molecule has 1 amide bonds. The molecule has 0 aromatic heterocycles. The van der Waals surface area contributed by atoms with Crippen LogP contribution in [0, 0.1) is 0 Å². The third-order valence-corrected chi connectivity index (χ3v) is 5.67. The van der Waals surface area contributed by atoms with Crippen LogP contribution in [-0.4, -0.2) is 69.8 Å². The zero-order valence-corrected chi connectivity index (χ0v) is 13.6. The Morgan fingerprint density at radius 2 is 1.55 bits per heavy atom. The molecule has 5 heteroatoms. The lowest BCUT2D eigenvalue weighted by Gasteiger charge is -2.33. The van der Waals surface area contributed by atoms with Gasteiger partial charge < -0.3 is 20.0 Å². The number of carbonyl (C=O) groups is 1. The van der Waals surface area contributed by atoms with E-state index >= 15 is 0 Å². The Balaban J connectivity index is 1.51. The van der Waals surface area contributed by atoms with Gasteiger partial charge in [0, 0.05) is 13.1 Å². The smallest absolute Gasteiger partial charge is 0.225 e. The second kappa shape index (κ2) is 6.46. The number of carbonyl (C=O) groups excluding carboxylic acids is 1. The summed E-state index contributed by atoms with van der Waals surface area (Å²) in [6.07, 6.45) is 7.99. The summed E-state index contributed by atoms with van der Waals surface area (Å²) in [5, 5.41) is 21.3. The molecular weight excluding hydrogens is 280 g/mol. The van der Waals surface area contributed by atoms with E-state index in [1.807, 2.05) is 0 Å². The molecule has 2 aliphatic heterocycles. The molecule has 126 valence electrons. The van der Waals surface area contributed by atoms with Crippen LogP contribution in [0.2, 0.25) is 0 Å². The van der Waals surface area contributed by atoms with Crippen LogP contribution in [0.4, 0.5) is 0 Å². The van der Waals surface area contributed by atoms with Crippen LogP contribution in [0.15, 0.2) is 0 Å². The Bertz CT molecular complexity index is 403. The zero-order valence-electron chi connectivity index (χ0n) is 13.6. The van der Waals surface area contributed by atoms with Crippen molar-refractivity contribution in [3.05, 3.63) is 0 Å². The molecule has 0 spiro atoms. The Hall–Kier alpha value is -0.650. The first-order valence-corrected chi connectivity index (χ1v) is 8.93. The highest BCUT2D eigenvalue weighted by atomic mass is 16.3. The number of hydrogen-bond acceptors (Lipinski definition) is 4. The lowest BCUT2D eigenvalue weighted by Crippen LogP contribution is -2.46. The summed E-state index contributed by atoms with van der Waals surface area (Å²) < 4.78 is 0. The predicted octanol–water partition coefficient (Wildman–Crippen LogP) is 1.13. The standard InChI is InChI=1S/C17H30N2O3/c20-15(12-16(21)6-2-1-3-7-16)19-11-8-17(22,14-19)13-18-9-4-5-10-18/h21-22H,1-14H2/t17-/m1/s1. The van der Waals surface area contributed by atoms with Gasteiger partial charge in [0.2, 0.25) is 5.91 Å². The number of amides is 1. The fourth-order valence-corrected chi connectivity index (χ4v) is 4.34. The van der Waals surface area contributed by atoms with E-state index in [1.165, 1.54) is 12.8 Å². The zero-order chi connectivity index (χ0) is 15.6. The summed E-state index contributed by atoms with van der Waals surface area (Å²) in [6.45, 7) is 3.87. The highest BCUT2D eigenvalue weighted by Gasteiger charge is 2.41. The largest absolute Gasteiger partial charge is 0.389 e. The number of β-amino-alcohol motifs (C(OH)–C–C–N with tert-alkyl or cyclic N) is 1. The van der Waals surface area contributed by atoms with Crippen molar-refractivity contribution in [2.75, 3.05) is 32.7 Å². The van der Waals surface area contributed by atoms with E-state index in [0.717, 1.165) is 45.2 Å². The molecule has 0 bridgehead atoms. The molecule has 1 saturated carbocycles. The van der Waals surface area contributed by atoms with Crippen molar-refractivity contribution in [2.24, 2.45) is 0 Å². The monoisotopic (exact) mass is 310 g/mol. The first-order chi connectivity index (χ1) is 10.5. The summed E-state index contributed by atoms with van der Waals surface area (Å²) in [6, 6.07) is 0. The lowest BCUT2D eigenvalue weighted by molar-refractivity contribution is -0.137. The topological polar surface area (TPSA) is 64.0 Å². The molecule has 1 aliphatic carbocycles. The summed E-state index contributed by atoms with van der Waals surface area (Å²) >= 11 is 0. The predicted molar refractivity (Wildman–Crippen MR) is 84.5 cm³/mol. The van der Waals surface area contributed by atoms with Gasteiger partial charge in [0.1, 0.15) is 0 Å². The van der Waals surface area contributed by atoms with E-state index in [4.69, 9.17) is 0 Å². The molecule has 3 aliphatic rings. The molecule has 22 heavy (non-hydrogen) atoms. The fraction of sp³-hybridized carbons (Fsp3) is 0.941. The molecule has 0 aromatic rings. The molecule has 2 saturated heterocycles. The minimum absolute atomic E-state index is 0.0155. The van der Waals surface area contributed by atoms with Crippen molar-refractivity contribution in [2.45, 2.75) is 69.0 Å². The first kappa shape index (κ1) is 16.2. The average Bonchev–Trinajstić information content (AvgIpc) is 3.09. The summed E-state index contributed by atoms with van der Waals surface area (Å²) in [5.74, 6) is 0.0155. The van der Waals surface area contributed by atoms with Gasteiger partial charge in [-0.3, -0.25) is 4.79 Å². The van der Waals surface area contributed by atoms with Crippen molar-refractivity contribution in [3.8, 4) is 0 Å². The van der Waals surface area contributed by atoms with Gasteiger partial charge in [-0.2, -0.15) is 0 Å². The maximum atomic E-state index is 12.5. The SMILES string of the molecule is O=C(CC1(O)CCCCC1)N1CC[C@@](O)(CN2CCCC2)C1. The molecule has 0 aromatic carbocycles. The maximum absolute atomic E-state index is 12.5. The molecule has 3 rings (SSSR count). The van der Waals surface area contributed by atoms with Crippen LogP contribution in [-0.2, 0) is 4.79 Å². The van der Waals surface area contributed by atoms with Gasteiger partial charge in [-0.05, 0) is 45.2 Å². The summed E-state index contributed by atoms with van der Waals surface area (Å²) in [4.78, 5) is 16.6. The van der Waals surface area contributed by atoms with Gasteiger partial charge in [-0.25, -0.2) is 0 Å². The molecular formula is C17H30N2O3. The van der Waals surface area contributed by atoms with Crippen molar-refractivity contribution in [1.29, 1.82) is 0 Å². The number of likely N-dealkylation sites (tertiary alicyclic amines) is 2. The third-order valence-electron chi connectivity index (χ3n) is 5.67. The van der Waals surface area contributed by atoms with Gasteiger partial charge >= 0.3 is 0 Å². The van der Waals surface area contributed by atoms with Crippen LogP contribution >= 0.6 is 0 Å². The van der Waals surface area contributed by atoms with E-state index in [-0.39, 0.29) is 12.3 Å². The van der Waals surface area contributed by atoms with E-state index in [0.29, 0.717) is 26.1 Å².